The van der Waals surface area contributed by atoms with Crippen molar-refractivity contribution >= 4 is 10.0 Å². The third-order valence-electron chi connectivity index (χ3n) is 3.34. The standard InChI is InChI=1S/C11H20N4O2S/c1-9-11(10(2)13-12-9)18(16,17)15-6-4-5-14(3)7-8-15/h4-8H2,1-3H3,(H,12,13). The van der Waals surface area contributed by atoms with Crippen LogP contribution in [0, 0.1) is 13.8 Å². The molecule has 1 aromatic heterocycles. The number of likely N-dealkylation sites (N-methyl/N-ethyl adjacent to an activating group) is 1. The van der Waals surface area contributed by atoms with Crippen molar-refractivity contribution in [3.63, 3.8) is 0 Å². The molecule has 18 heavy (non-hydrogen) atoms. The predicted octanol–water partition coefficient (Wildman–Crippen LogP) is 0.353. The Labute approximate surface area is 108 Å². The summed E-state index contributed by atoms with van der Waals surface area (Å²) in [4.78, 5) is 2.50. The fourth-order valence-corrected chi connectivity index (χ4v) is 4.11. The van der Waals surface area contributed by atoms with Gasteiger partial charge in [0.15, 0.2) is 0 Å². The molecule has 0 saturated carbocycles. The SMILES string of the molecule is Cc1n[nH]c(C)c1S(=O)(=O)N1CCCN(C)CC1. The molecule has 2 rings (SSSR count). The molecule has 7 heteroatoms. The van der Waals surface area contributed by atoms with Crippen LogP contribution in [0.25, 0.3) is 0 Å². The van der Waals surface area contributed by atoms with Crippen LogP contribution >= 0.6 is 0 Å². The number of aryl methyl sites for hydroxylation is 2. The lowest BCUT2D eigenvalue weighted by Crippen LogP contribution is -2.35. The summed E-state index contributed by atoms with van der Waals surface area (Å²) in [6.45, 7) is 6.31. The van der Waals surface area contributed by atoms with Gasteiger partial charge in [-0.1, -0.05) is 0 Å². The second kappa shape index (κ2) is 4.99. The van der Waals surface area contributed by atoms with Gasteiger partial charge in [-0.15, -0.1) is 0 Å². The van der Waals surface area contributed by atoms with E-state index in [9.17, 15) is 8.42 Å². The van der Waals surface area contributed by atoms with E-state index in [0.717, 1.165) is 19.5 Å². The van der Waals surface area contributed by atoms with E-state index in [-0.39, 0.29) is 0 Å². The molecule has 1 fully saturated rings. The van der Waals surface area contributed by atoms with Gasteiger partial charge in [-0.3, -0.25) is 5.10 Å². The average molecular weight is 272 g/mol. The molecule has 1 N–H and O–H groups in total. The smallest absolute Gasteiger partial charge is 0.246 e. The Bertz CT molecular complexity index is 504. The molecule has 0 aromatic carbocycles. The maximum atomic E-state index is 12.6. The molecule has 1 aliphatic rings. The highest BCUT2D eigenvalue weighted by atomic mass is 32.2. The van der Waals surface area contributed by atoms with Crippen LogP contribution in [-0.2, 0) is 10.0 Å². The third-order valence-corrected chi connectivity index (χ3v) is 5.50. The lowest BCUT2D eigenvalue weighted by Gasteiger charge is -2.20. The molecule has 102 valence electrons. The molecule has 0 radical (unpaired) electrons. The zero-order valence-electron chi connectivity index (χ0n) is 11.1. The number of nitrogens with one attached hydrogen (secondary N) is 1. The van der Waals surface area contributed by atoms with Gasteiger partial charge in [0.05, 0.1) is 11.4 Å². The van der Waals surface area contributed by atoms with Crippen molar-refractivity contribution in [2.45, 2.75) is 25.2 Å². The van der Waals surface area contributed by atoms with E-state index < -0.39 is 10.0 Å². The van der Waals surface area contributed by atoms with Gasteiger partial charge in [-0.25, -0.2) is 8.42 Å². The lowest BCUT2D eigenvalue weighted by atomic mass is 10.4. The molecule has 0 aliphatic carbocycles. The van der Waals surface area contributed by atoms with Crippen LogP contribution in [-0.4, -0.2) is 61.0 Å². The summed E-state index contributed by atoms with van der Waals surface area (Å²) >= 11 is 0. The second-order valence-electron chi connectivity index (χ2n) is 4.82. The summed E-state index contributed by atoms with van der Waals surface area (Å²) in [6.07, 6.45) is 0.867. The van der Waals surface area contributed by atoms with Crippen molar-refractivity contribution in [3.05, 3.63) is 11.4 Å². The highest BCUT2D eigenvalue weighted by Gasteiger charge is 2.30. The Morgan fingerprint density at radius 3 is 2.50 bits per heavy atom. The molecule has 1 aliphatic heterocycles. The van der Waals surface area contributed by atoms with E-state index in [1.54, 1.807) is 18.2 Å². The highest BCUT2D eigenvalue weighted by Crippen LogP contribution is 2.22. The molecule has 0 amide bonds. The Morgan fingerprint density at radius 1 is 1.17 bits per heavy atom. The zero-order chi connectivity index (χ0) is 13.3. The van der Waals surface area contributed by atoms with Gasteiger partial charge in [0.25, 0.3) is 0 Å². The van der Waals surface area contributed by atoms with Gasteiger partial charge in [0.1, 0.15) is 4.90 Å². The van der Waals surface area contributed by atoms with Gasteiger partial charge < -0.3 is 4.90 Å². The molecule has 0 unspecified atom stereocenters. The first-order valence-corrected chi connectivity index (χ1v) is 7.57. The lowest BCUT2D eigenvalue weighted by molar-refractivity contribution is 0.347. The van der Waals surface area contributed by atoms with Crippen LogP contribution < -0.4 is 0 Å². The van der Waals surface area contributed by atoms with Gasteiger partial charge in [0.2, 0.25) is 10.0 Å². The molecule has 0 spiro atoms. The normalized spacial score (nSPS) is 19.9. The van der Waals surface area contributed by atoms with Crippen molar-refractivity contribution in [3.8, 4) is 0 Å². The van der Waals surface area contributed by atoms with Gasteiger partial charge >= 0.3 is 0 Å². The molecule has 2 heterocycles. The summed E-state index contributed by atoms with van der Waals surface area (Å²) in [6, 6.07) is 0. The van der Waals surface area contributed by atoms with Crippen molar-refractivity contribution in [2.75, 3.05) is 33.2 Å². The van der Waals surface area contributed by atoms with Gasteiger partial charge in [-0.05, 0) is 33.9 Å². The van der Waals surface area contributed by atoms with Crippen molar-refractivity contribution in [2.24, 2.45) is 0 Å². The predicted molar refractivity (Wildman–Crippen MR) is 68.9 cm³/mol. The topological polar surface area (TPSA) is 69.3 Å². The summed E-state index contributed by atoms with van der Waals surface area (Å²) in [7, 11) is -1.40. The maximum Gasteiger partial charge on any atom is 0.246 e. The van der Waals surface area contributed by atoms with Crippen molar-refractivity contribution < 1.29 is 8.42 Å². The number of hydrogen-bond acceptors (Lipinski definition) is 4. The Morgan fingerprint density at radius 2 is 1.89 bits per heavy atom. The minimum absolute atomic E-state index is 0.340. The Kier molecular flexibility index (Phi) is 3.74. The van der Waals surface area contributed by atoms with E-state index >= 15 is 0 Å². The Hall–Kier alpha value is -0.920. The summed E-state index contributed by atoms with van der Waals surface area (Å²) in [5, 5.41) is 6.71. The highest BCUT2D eigenvalue weighted by molar-refractivity contribution is 7.89. The summed E-state index contributed by atoms with van der Waals surface area (Å²) < 4.78 is 26.8. The first kappa shape index (κ1) is 13.5. The minimum atomic E-state index is -3.41. The maximum absolute atomic E-state index is 12.6. The number of sulfonamides is 1. The van der Waals surface area contributed by atoms with E-state index in [4.69, 9.17) is 0 Å². The first-order valence-electron chi connectivity index (χ1n) is 6.13. The second-order valence-corrected chi connectivity index (χ2v) is 6.70. The van der Waals surface area contributed by atoms with Crippen LogP contribution in [0.4, 0.5) is 0 Å². The summed E-state index contributed by atoms with van der Waals surface area (Å²) in [5.41, 5.74) is 1.16. The molecule has 6 nitrogen and oxygen atoms in total. The first-order chi connectivity index (χ1) is 8.43. The number of H-pyrrole nitrogens is 1. The molecule has 1 aromatic rings. The molecular weight excluding hydrogens is 252 g/mol. The summed E-state index contributed by atoms with van der Waals surface area (Å²) in [5.74, 6) is 0. The molecule has 0 bridgehead atoms. The van der Waals surface area contributed by atoms with E-state index in [1.165, 1.54) is 0 Å². The van der Waals surface area contributed by atoms with Crippen LogP contribution in [0.5, 0.6) is 0 Å². The number of rotatable bonds is 2. The van der Waals surface area contributed by atoms with E-state index in [1.807, 2.05) is 7.05 Å². The van der Waals surface area contributed by atoms with Gasteiger partial charge in [-0.2, -0.15) is 9.40 Å². The van der Waals surface area contributed by atoms with Crippen LogP contribution in [0.3, 0.4) is 0 Å². The van der Waals surface area contributed by atoms with E-state index in [0.29, 0.717) is 29.4 Å². The monoisotopic (exact) mass is 272 g/mol. The quantitative estimate of drug-likeness (QED) is 0.843. The number of aromatic nitrogens is 2. The van der Waals surface area contributed by atoms with Crippen molar-refractivity contribution in [1.82, 2.24) is 19.4 Å². The fraction of sp³-hybridized carbons (Fsp3) is 0.727. The van der Waals surface area contributed by atoms with Gasteiger partial charge in [0, 0.05) is 19.6 Å². The average Bonchev–Trinajstić information content (AvgIpc) is 2.51. The van der Waals surface area contributed by atoms with Crippen molar-refractivity contribution in [1.29, 1.82) is 0 Å². The zero-order valence-corrected chi connectivity index (χ0v) is 11.9. The Balaban J connectivity index is 2.31. The largest absolute Gasteiger partial charge is 0.305 e. The molecule has 0 atom stereocenters. The molecule has 1 saturated heterocycles. The fourth-order valence-electron chi connectivity index (χ4n) is 2.31. The van der Waals surface area contributed by atoms with E-state index in [2.05, 4.69) is 15.1 Å². The van der Waals surface area contributed by atoms with Crippen LogP contribution in [0.1, 0.15) is 17.8 Å². The minimum Gasteiger partial charge on any atom is -0.305 e. The number of aromatic amines is 1. The van der Waals surface area contributed by atoms with Crippen LogP contribution in [0.2, 0.25) is 0 Å². The number of nitrogens with zero attached hydrogens (tertiary/aromatic N) is 3. The van der Waals surface area contributed by atoms with Crippen LogP contribution in [0.15, 0.2) is 4.90 Å². The molecular formula is C11H20N4O2S. The number of hydrogen-bond donors (Lipinski definition) is 1. The third kappa shape index (κ3) is 2.43.